The van der Waals surface area contributed by atoms with Crippen molar-refractivity contribution < 1.29 is 13.9 Å². The average Bonchev–Trinajstić information content (AvgIpc) is 3.06. The van der Waals surface area contributed by atoms with E-state index < -0.39 is 11.6 Å². The summed E-state index contributed by atoms with van der Waals surface area (Å²) in [6, 6.07) is 11.4. The number of aryl methyl sites for hydroxylation is 1. The first-order valence-electron chi connectivity index (χ1n) is 8.16. The van der Waals surface area contributed by atoms with Crippen LogP contribution in [0.15, 0.2) is 51.8 Å². The lowest BCUT2D eigenvalue weighted by molar-refractivity contribution is 0.0521. The minimum atomic E-state index is -0.683. The Morgan fingerprint density at radius 2 is 2.08 bits per heavy atom. The number of aromatic nitrogens is 2. The Morgan fingerprint density at radius 1 is 1.28 bits per heavy atom. The third kappa shape index (κ3) is 2.55. The summed E-state index contributed by atoms with van der Waals surface area (Å²) in [4.78, 5) is 24.1. The van der Waals surface area contributed by atoms with Gasteiger partial charge < -0.3 is 9.15 Å². The van der Waals surface area contributed by atoms with E-state index in [0.29, 0.717) is 12.2 Å². The van der Waals surface area contributed by atoms with Crippen LogP contribution >= 0.6 is 0 Å². The number of carbonyl (C=O) groups is 1. The second-order valence-corrected chi connectivity index (χ2v) is 5.77. The molecule has 0 saturated heterocycles. The van der Waals surface area contributed by atoms with Crippen LogP contribution in [-0.2, 0) is 17.6 Å². The van der Waals surface area contributed by atoms with E-state index in [2.05, 4.69) is 5.10 Å². The number of nitrogens with zero attached hydrogens (tertiary/aromatic N) is 2. The predicted molar refractivity (Wildman–Crippen MR) is 90.9 cm³/mol. The zero-order valence-electron chi connectivity index (χ0n) is 13.7. The summed E-state index contributed by atoms with van der Waals surface area (Å²) < 4.78 is 12.2. The van der Waals surface area contributed by atoms with Crippen molar-refractivity contribution in [3.63, 3.8) is 0 Å². The van der Waals surface area contributed by atoms with Gasteiger partial charge in [0.25, 0.3) is 0 Å². The number of benzene rings is 1. The molecule has 0 unspecified atom stereocenters. The molecule has 126 valence electrons. The third-order valence-electron chi connectivity index (χ3n) is 4.27. The molecule has 0 saturated carbocycles. The maximum Gasteiger partial charge on any atom is 0.351 e. The van der Waals surface area contributed by atoms with Crippen LogP contribution in [0.1, 0.15) is 28.5 Å². The predicted octanol–water partition coefficient (Wildman–Crippen LogP) is 2.77. The maximum atomic E-state index is 12.2. The monoisotopic (exact) mass is 336 g/mol. The minimum Gasteiger partial charge on any atom is -0.462 e. The van der Waals surface area contributed by atoms with E-state index in [1.807, 2.05) is 35.0 Å². The second-order valence-electron chi connectivity index (χ2n) is 5.77. The number of esters is 1. The highest BCUT2D eigenvalue weighted by Gasteiger charge is 2.26. The first kappa shape index (κ1) is 15.4. The molecule has 25 heavy (non-hydrogen) atoms. The molecule has 0 aliphatic heterocycles. The number of ether oxygens (including phenoxy) is 1. The lowest BCUT2D eigenvalue weighted by Crippen LogP contribution is -2.19. The SMILES string of the molecule is CCOC(=O)c1cc2c(oc1=O)-c1cnn(-c3ccccc3)c1CC2. The molecule has 4 rings (SSSR count). The van der Waals surface area contributed by atoms with Crippen molar-refractivity contribution in [2.45, 2.75) is 19.8 Å². The summed E-state index contributed by atoms with van der Waals surface area (Å²) in [7, 11) is 0. The highest BCUT2D eigenvalue weighted by Crippen LogP contribution is 2.34. The molecule has 0 fully saturated rings. The normalized spacial score (nSPS) is 12.4. The first-order chi connectivity index (χ1) is 12.2. The van der Waals surface area contributed by atoms with Gasteiger partial charge in [-0.25, -0.2) is 14.3 Å². The Balaban J connectivity index is 1.81. The second kappa shape index (κ2) is 6.05. The number of fused-ring (bicyclic) bond motifs is 3. The van der Waals surface area contributed by atoms with E-state index >= 15 is 0 Å². The fourth-order valence-corrected chi connectivity index (χ4v) is 3.13. The fourth-order valence-electron chi connectivity index (χ4n) is 3.13. The molecular weight excluding hydrogens is 320 g/mol. The van der Waals surface area contributed by atoms with E-state index in [1.165, 1.54) is 0 Å². The molecule has 1 aromatic carbocycles. The van der Waals surface area contributed by atoms with E-state index in [-0.39, 0.29) is 12.2 Å². The van der Waals surface area contributed by atoms with Crippen molar-refractivity contribution in [1.82, 2.24) is 9.78 Å². The van der Waals surface area contributed by atoms with E-state index in [9.17, 15) is 9.59 Å². The van der Waals surface area contributed by atoms with Crippen molar-refractivity contribution in [3.8, 4) is 17.0 Å². The summed E-state index contributed by atoms with van der Waals surface area (Å²) >= 11 is 0. The van der Waals surface area contributed by atoms with Crippen LogP contribution in [0.25, 0.3) is 17.0 Å². The highest BCUT2D eigenvalue weighted by molar-refractivity contribution is 5.89. The van der Waals surface area contributed by atoms with E-state index in [0.717, 1.165) is 28.9 Å². The molecule has 2 heterocycles. The number of carbonyl (C=O) groups excluding carboxylic acids is 1. The molecular formula is C19H16N2O4. The van der Waals surface area contributed by atoms with E-state index in [4.69, 9.17) is 9.15 Å². The number of hydrogen-bond acceptors (Lipinski definition) is 5. The number of rotatable bonds is 3. The van der Waals surface area contributed by atoms with Crippen LogP contribution in [0.4, 0.5) is 0 Å². The van der Waals surface area contributed by atoms with Crippen LogP contribution < -0.4 is 5.63 Å². The van der Waals surface area contributed by atoms with Crippen LogP contribution in [-0.4, -0.2) is 22.4 Å². The quantitative estimate of drug-likeness (QED) is 0.688. The Hall–Kier alpha value is -3.15. The summed E-state index contributed by atoms with van der Waals surface area (Å²) in [5, 5.41) is 4.45. The van der Waals surface area contributed by atoms with Crippen LogP contribution in [0.2, 0.25) is 0 Å². The molecule has 1 aliphatic rings. The summed E-state index contributed by atoms with van der Waals surface area (Å²) in [5.41, 5.74) is 2.82. The molecule has 0 bridgehead atoms. The molecule has 6 nitrogen and oxygen atoms in total. The van der Waals surface area contributed by atoms with Crippen molar-refractivity contribution in [1.29, 1.82) is 0 Å². The van der Waals surface area contributed by atoms with Gasteiger partial charge >= 0.3 is 11.6 Å². The van der Waals surface area contributed by atoms with E-state index in [1.54, 1.807) is 19.2 Å². The lowest BCUT2D eigenvalue weighted by Gasteiger charge is -2.17. The smallest absolute Gasteiger partial charge is 0.351 e. The Morgan fingerprint density at radius 3 is 2.84 bits per heavy atom. The minimum absolute atomic E-state index is 0.0560. The maximum absolute atomic E-state index is 12.2. The van der Waals surface area contributed by atoms with Crippen LogP contribution in [0.5, 0.6) is 0 Å². The molecule has 6 heteroatoms. The molecule has 0 radical (unpaired) electrons. The zero-order chi connectivity index (χ0) is 17.4. The van der Waals surface area contributed by atoms with Crippen molar-refractivity contribution in [2.24, 2.45) is 0 Å². The summed E-state index contributed by atoms with van der Waals surface area (Å²) in [6.45, 7) is 1.91. The largest absolute Gasteiger partial charge is 0.462 e. The number of hydrogen-bond donors (Lipinski definition) is 0. The van der Waals surface area contributed by atoms with Crippen molar-refractivity contribution >= 4 is 5.97 Å². The van der Waals surface area contributed by atoms with Gasteiger partial charge in [0.1, 0.15) is 11.3 Å². The molecule has 0 N–H and O–H groups in total. The van der Waals surface area contributed by atoms with Gasteiger partial charge in [-0.3, -0.25) is 0 Å². The van der Waals surface area contributed by atoms with Gasteiger partial charge in [0, 0.05) is 0 Å². The van der Waals surface area contributed by atoms with Crippen molar-refractivity contribution in [3.05, 3.63) is 69.8 Å². The first-order valence-corrected chi connectivity index (χ1v) is 8.16. The van der Waals surface area contributed by atoms with Crippen molar-refractivity contribution in [2.75, 3.05) is 6.61 Å². The third-order valence-corrected chi connectivity index (χ3v) is 4.27. The highest BCUT2D eigenvalue weighted by atomic mass is 16.5. The van der Waals surface area contributed by atoms with Gasteiger partial charge in [-0.2, -0.15) is 5.10 Å². The van der Waals surface area contributed by atoms with Gasteiger partial charge in [-0.15, -0.1) is 0 Å². The fraction of sp³-hybridized carbons (Fsp3) is 0.211. The molecule has 1 aliphatic carbocycles. The van der Waals surface area contributed by atoms with Gasteiger partial charge in [0.05, 0.1) is 29.7 Å². The average molecular weight is 336 g/mol. The molecule has 3 aromatic rings. The van der Waals surface area contributed by atoms with Gasteiger partial charge in [0.2, 0.25) is 0 Å². The topological polar surface area (TPSA) is 74.3 Å². The molecule has 0 atom stereocenters. The Kier molecular flexibility index (Phi) is 3.72. The summed E-state index contributed by atoms with van der Waals surface area (Å²) in [6.07, 6.45) is 3.11. The standard InChI is InChI=1S/C19H16N2O4/c1-2-24-18(22)14-10-12-8-9-16-15(17(12)25-19(14)23)11-20-21(16)13-6-4-3-5-7-13/h3-7,10-11H,2,8-9H2,1H3. The zero-order valence-corrected chi connectivity index (χ0v) is 13.7. The van der Waals surface area contributed by atoms with Gasteiger partial charge in [-0.1, -0.05) is 18.2 Å². The molecule has 0 amide bonds. The lowest BCUT2D eigenvalue weighted by atomic mass is 9.94. The Labute approximate surface area is 143 Å². The van der Waals surface area contributed by atoms with Crippen LogP contribution in [0, 0.1) is 0 Å². The molecule has 2 aromatic heterocycles. The number of para-hydroxylation sites is 1. The molecule has 0 spiro atoms. The summed E-state index contributed by atoms with van der Waals surface area (Å²) in [5.74, 6) is -0.161. The van der Waals surface area contributed by atoms with Gasteiger partial charge in [-0.05, 0) is 43.5 Å². The Bertz CT molecular complexity index is 1000. The van der Waals surface area contributed by atoms with Crippen LogP contribution in [0.3, 0.4) is 0 Å². The van der Waals surface area contributed by atoms with Gasteiger partial charge in [0.15, 0.2) is 0 Å².